The van der Waals surface area contributed by atoms with Crippen LogP contribution in [-0.2, 0) is 9.36 Å². The zero-order chi connectivity index (χ0) is 14.6. The van der Waals surface area contributed by atoms with Crippen molar-refractivity contribution < 1.29 is 9.36 Å². The van der Waals surface area contributed by atoms with E-state index in [2.05, 4.69) is 6.58 Å². The molecule has 5 heteroatoms. The third-order valence-electron chi connectivity index (χ3n) is 2.83. The van der Waals surface area contributed by atoms with Crippen molar-refractivity contribution in [1.82, 2.24) is 4.83 Å². The van der Waals surface area contributed by atoms with Gasteiger partial charge in [-0.3, -0.25) is 9.36 Å². The van der Waals surface area contributed by atoms with Crippen molar-refractivity contribution >= 4 is 23.8 Å². The quantitative estimate of drug-likeness (QED) is 0.492. The van der Waals surface area contributed by atoms with E-state index in [-0.39, 0.29) is 4.83 Å². The Morgan fingerprint density at radius 2 is 1.40 bits per heavy atom. The van der Waals surface area contributed by atoms with E-state index in [1.54, 1.807) is 60.7 Å². The Morgan fingerprint density at radius 3 is 1.75 bits per heavy atom. The van der Waals surface area contributed by atoms with Crippen LogP contribution in [-0.4, -0.2) is 10.7 Å². The number of amides is 1. The van der Waals surface area contributed by atoms with Gasteiger partial charge in [-0.25, -0.2) is 0 Å². The molecule has 2 aromatic rings. The zero-order valence-corrected chi connectivity index (χ0v) is 11.6. The summed E-state index contributed by atoms with van der Waals surface area (Å²) < 4.78 is 13.3. The van der Waals surface area contributed by atoms with Crippen LogP contribution in [0.4, 0.5) is 0 Å². The molecular formula is C15H13NO3P-. The zero-order valence-electron chi connectivity index (χ0n) is 10.7. The van der Waals surface area contributed by atoms with E-state index in [1.165, 1.54) is 0 Å². The fraction of sp³-hybridized carbons (Fsp3) is 0. The fourth-order valence-corrected chi connectivity index (χ4v) is 4.07. The van der Waals surface area contributed by atoms with Crippen molar-refractivity contribution in [2.45, 2.75) is 0 Å². The lowest BCUT2D eigenvalue weighted by molar-refractivity contribution is -0.120. The molecule has 0 atom stereocenters. The average Bonchev–Trinajstić information content (AvgIpc) is 2.54. The Balaban J connectivity index is 2.64. The molecule has 2 aromatic carbocycles. The molecule has 0 saturated heterocycles. The van der Waals surface area contributed by atoms with Crippen molar-refractivity contribution in [2.75, 3.05) is 0 Å². The molecule has 0 spiro atoms. The van der Waals surface area contributed by atoms with Crippen LogP contribution in [0.3, 0.4) is 0 Å². The smallest absolute Gasteiger partial charge is 0.241 e. The lowest BCUT2D eigenvalue weighted by Gasteiger charge is -2.36. The van der Waals surface area contributed by atoms with E-state index in [0.29, 0.717) is 10.6 Å². The first-order valence-electron chi connectivity index (χ1n) is 5.96. The van der Waals surface area contributed by atoms with E-state index in [9.17, 15) is 14.6 Å². The van der Waals surface area contributed by atoms with Crippen molar-refractivity contribution in [2.24, 2.45) is 0 Å². The average molecular weight is 286 g/mol. The minimum absolute atomic E-state index is 0.0324. The van der Waals surface area contributed by atoms with Gasteiger partial charge >= 0.3 is 0 Å². The molecule has 4 nitrogen and oxygen atoms in total. The predicted molar refractivity (Wildman–Crippen MR) is 80.2 cm³/mol. The molecule has 0 fully saturated rings. The lowest BCUT2D eigenvalue weighted by atomic mass is 10.4. The van der Waals surface area contributed by atoms with Gasteiger partial charge in [-0.05, 0) is 30.3 Å². The molecule has 0 bridgehead atoms. The van der Waals surface area contributed by atoms with Crippen molar-refractivity contribution in [3.63, 3.8) is 0 Å². The molecule has 102 valence electrons. The summed E-state index contributed by atoms with van der Waals surface area (Å²) in [7, 11) is -3.73. The van der Waals surface area contributed by atoms with Crippen LogP contribution < -0.4 is 10.6 Å². The second-order valence-corrected chi connectivity index (χ2v) is 6.61. The number of carbonyl (C=O) groups excluding carboxylic acids is 1. The summed E-state index contributed by atoms with van der Waals surface area (Å²) in [5, 5.41) is 12.9. The molecule has 0 aromatic heterocycles. The number of benzene rings is 2. The van der Waals surface area contributed by atoms with Crippen LogP contribution >= 0.6 is 7.29 Å². The maximum atomic E-state index is 13.3. The van der Waals surface area contributed by atoms with Gasteiger partial charge in [0.2, 0.25) is 13.2 Å². The molecular weight excluding hydrogens is 273 g/mol. The first kappa shape index (κ1) is 14.3. The van der Waals surface area contributed by atoms with Crippen LogP contribution in [0.2, 0.25) is 0 Å². The van der Waals surface area contributed by atoms with Gasteiger partial charge in [-0.1, -0.05) is 43.0 Å². The second kappa shape index (κ2) is 5.87. The second-order valence-electron chi connectivity index (χ2n) is 4.06. The number of nitrogens with zero attached hydrogens (tertiary/aromatic N) is 1. The number of hydroxylamine groups is 1. The summed E-state index contributed by atoms with van der Waals surface area (Å²) in [5.41, 5.74) is 0. The van der Waals surface area contributed by atoms with Gasteiger partial charge in [0, 0.05) is 10.6 Å². The van der Waals surface area contributed by atoms with Gasteiger partial charge in [-0.15, -0.1) is 0 Å². The van der Waals surface area contributed by atoms with E-state index in [0.717, 1.165) is 6.08 Å². The molecule has 20 heavy (non-hydrogen) atoms. The molecule has 2 rings (SSSR count). The van der Waals surface area contributed by atoms with E-state index in [4.69, 9.17) is 0 Å². The highest BCUT2D eigenvalue weighted by atomic mass is 31.2. The van der Waals surface area contributed by atoms with E-state index >= 15 is 0 Å². The highest BCUT2D eigenvalue weighted by Crippen LogP contribution is 2.46. The molecule has 0 N–H and O–H groups in total. The van der Waals surface area contributed by atoms with Gasteiger partial charge in [0.1, 0.15) is 0 Å². The Labute approximate surface area is 117 Å². The van der Waals surface area contributed by atoms with Crippen molar-refractivity contribution in [3.8, 4) is 0 Å². The summed E-state index contributed by atoms with van der Waals surface area (Å²) in [6.07, 6.45) is 0.867. The highest BCUT2D eigenvalue weighted by Gasteiger charge is 2.31. The highest BCUT2D eigenvalue weighted by molar-refractivity contribution is 7.77. The van der Waals surface area contributed by atoms with E-state index < -0.39 is 13.2 Å². The van der Waals surface area contributed by atoms with Gasteiger partial charge in [0.15, 0.2) is 0 Å². The lowest BCUT2D eigenvalue weighted by Crippen LogP contribution is -2.31. The maximum Gasteiger partial charge on any atom is 0.241 e. The summed E-state index contributed by atoms with van der Waals surface area (Å²) in [5.74, 6) is -0.916. The molecule has 0 aliphatic heterocycles. The van der Waals surface area contributed by atoms with Gasteiger partial charge in [0.25, 0.3) is 0 Å². The first-order chi connectivity index (χ1) is 9.60. The van der Waals surface area contributed by atoms with Crippen LogP contribution in [0, 0.1) is 5.21 Å². The number of hydrogen-bond acceptors (Lipinski definition) is 3. The van der Waals surface area contributed by atoms with Crippen LogP contribution in [0.15, 0.2) is 73.3 Å². The largest absolute Gasteiger partial charge is 0.750 e. The predicted octanol–water partition coefficient (Wildman–Crippen LogP) is 2.43. The minimum Gasteiger partial charge on any atom is -0.750 e. The monoisotopic (exact) mass is 286 g/mol. The molecule has 1 amide bonds. The SMILES string of the molecule is C=CC(=O)N([O-])P(=O)(c1ccccc1)c1ccccc1. The maximum absolute atomic E-state index is 13.3. The van der Waals surface area contributed by atoms with Crippen molar-refractivity contribution in [3.05, 3.63) is 78.5 Å². The normalized spacial score (nSPS) is 10.8. The summed E-state index contributed by atoms with van der Waals surface area (Å²) in [4.78, 5) is 11.7. The number of carbonyl (C=O) groups is 1. The molecule has 0 unspecified atom stereocenters. The van der Waals surface area contributed by atoms with Crippen LogP contribution in [0.1, 0.15) is 0 Å². The fourth-order valence-electron chi connectivity index (χ4n) is 1.84. The Morgan fingerprint density at radius 1 is 1.00 bits per heavy atom. The molecule has 0 aliphatic rings. The molecule has 0 saturated carbocycles. The Kier molecular flexibility index (Phi) is 4.18. The van der Waals surface area contributed by atoms with Crippen molar-refractivity contribution in [1.29, 1.82) is 0 Å². The minimum atomic E-state index is -3.73. The summed E-state index contributed by atoms with van der Waals surface area (Å²) >= 11 is 0. The topological polar surface area (TPSA) is 60.4 Å². The third kappa shape index (κ3) is 2.44. The molecule has 0 radical (unpaired) electrons. The Bertz CT molecular complexity index is 612. The van der Waals surface area contributed by atoms with Gasteiger partial charge in [0.05, 0.1) is 0 Å². The van der Waals surface area contributed by atoms with Crippen LogP contribution in [0.5, 0.6) is 0 Å². The standard InChI is InChI=1S/C15H13NO3P/c1-2-15(17)16(18)20(19,13-9-5-3-6-10-13)14-11-7-4-8-12-14/h2-12H,1H2/q-1. The van der Waals surface area contributed by atoms with E-state index in [1.807, 2.05) is 0 Å². The first-order valence-corrected chi connectivity index (χ1v) is 7.62. The molecule has 0 aliphatic carbocycles. The molecule has 0 heterocycles. The summed E-state index contributed by atoms with van der Waals surface area (Å²) in [6, 6.07) is 16.5. The number of rotatable bonds is 4. The number of hydrogen-bond donors (Lipinski definition) is 0. The Hall–Kier alpha value is -2.16. The summed E-state index contributed by atoms with van der Waals surface area (Å²) in [6.45, 7) is 3.27. The van der Waals surface area contributed by atoms with Gasteiger partial charge < -0.3 is 10.0 Å². The third-order valence-corrected chi connectivity index (χ3v) is 5.54. The van der Waals surface area contributed by atoms with Crippen LogP contribution in [0.25, 0.3) is 0 Å². The van der Waals surface area contributed by atoms with Gasteiger partial charge in [-0.2, -0.15) is 0 Å².